The molecule has 6 heteroatoms. The molecule has 0 aromatic rings. The van der Waals surface area contributed by atoms with Crippen molar-refractivity contribution in [1.29, 1.82) is 0 Å². The van der Waals surface area contributed by atoms with Crippen LogP contribution in [-0.4, -0.2) is 44.6 Å². The topological polar surface area (TPSA) is 104 Å². The smallest absolute Gasteiger partial charge is 0.313 e. The van der Waals surface area contributed by atoms with E-state index in [0.29, 0.717) is 25.7 Å². The number of aliphatic carboxylic acids is 1. The fraction of sp³-hybridized carbons (Fsp3) is 0.636. The molecule has 5 aliphatic carbocycles. The Balaban J connectivity index is 1.72. The quantitative estimate of drug-likeness (QED) is 0.469. The van der Waals surface area contributed by atoms with E-state index in [1.54, 1.807) is 12.2 Å². The summed E-state index contributed by atoms with van der Waals surface area (Å²) in [6.07, 6.45) is 6.36. The molecule has 7 aliphatic rings. The number of aliphatic hydroxyl groups is 2. The van der Waals surface area contributed by atoms with E-state index in [1.165, 1.54) is 0 Å². The Morgan fingerprint density at radius 1 is 1.36 bits per heavy atom. The molecular formula is C22H26O6. The van der Waals surface area contributed by atoms with Crippen molar-refractivity contribution in [3.63, 3.8) is 0 Å². The first-order chi connectivity index (χ1) is 13.2. The lowest BCUT2D eigenvalue weighted by Gasteiger charge is -2.47. The third-order valence-electron chi connectivity index (χ3n) is 8.27. The average molecular weight is 386 g/mol. The SMILES string of the molecule is C=C1CC2=CCC1(O)CCC1C2C(C(=O)O)C2C(C)C3C(=O)OC12C=CC3O. The van der Waals surface area contributed by atoms with Crippen LogP contribution in [0.5, 0.6) is 0 Å². The lowest BCUT2D eigenvalue weighted by Crippen LogP contribution is -2.55. The van der Waals surface area contributed by atoms with Gasteiger partial charge in [-0.2, -0.15) is 0 Å². The molecule has 0 radical (unpaired) electrons. The van der Waals surface area contributed by atoms with E-state index in [4.69, 9.17) is 4.74 Å². The molecule has 0 amide bonds. The molecule has 2 heterocycles. The van der Waals surface area contributed by atoms with Crippen molar-refractivity contribution >= 4 is 11.9 Å². The van der Waals surface area contributed by atoms with Crippen LogP contribution in [0.2, 0.25) is 0 Å². The van der Waals surface area contributed by atoms with Crippen molar-refractivity contribution in [3.05, 3.63) is 36.0 Å². The van der Waals surface area contributed by atoms with Crippen LogP contribution in [0.4, 0.5) is 0 Å². The first-order valence-electron chi connectivity index (χ1n) is 10.1. The highest BCUT2D eigenvalue weighted by Gasteiger charge is 2.70. The summed E-state index contributed by atoms with van der Waals surface area (Å²) in [4.78, 5) is 25.3. The molecule has 6 nitrogen and oxygen atoms in total. The van der Waals surface area contributed by atoms with Gasteiger partial charge >= 0.3 is 11.9 Å². The summed E-state index contributed by atoms with van der Waals surface area (Å²) in [7, 11) is 0. The van der Waals surface area contributed by atoms with Gasteiger partial charge in [-0.05, 0) is 43.3 Å². The highest BCUT2D eigenvalue weighted by molar-refractivity contribution is 5.79. The van der Waals surface area contributed by atoms with Crippen LogP contribution in [0.1, 0.15) is 32.6 Å². The van der Waals surface area contributed by atoms with Crippen molar-refractivity contribution in [2.75, 3.05) is 0 Å². The van der Waals surface area contributed by atoms with Gasteiger partial charge in [0.1, 0.15) is 5.60 Å². The van der Waals surface area contributed by atoms with Gasteiger partial charge in [-0.25, -0.2) is 0 Å². The summed E-state index contributed by atoms with van der Waals surface area (Å²) in [5, 5.41) is 31.7. The summed E-state index contributed by atoms with van der Waals surface area (Å²) < 4.78 is 6.00. The zero-order valence-corrected chi connectivity index (χ0v) is 15.9. The van der Waals surface area contributed by atoms with Gasteiger partial charge in [0.25, 0.3) is 0 Å². The number of carbonyl (C=O) groups is 2. The Hall–Kier alpha value is -1.92. The predicted molar refractivity (Wildman–Crippen MR) is 98.9 cm³/mol. The van der Waals surface area contributed by atoms with Gasteiger partial charge in [0.05, 0.1) is 23.5 Å². The summed E-state index contributed by atoms with van der Waals surface area (Å²) in [6, 6.07) is 0. The number of rotatable bonds is 1. The minimum Gasteiger partial charge on any atom is -0.481 e. The van der Waals surface area contributed by atoms with Crippen molar-refractivity contribution in [2.45, 2.75) is 49.9 Å². The maximum Gasteiger partial charge on any atom is 0.313 e. The van der Waals surface area contributed by atoms with Gasteiger partial charge in [-0.15, -0.1) is 0 Å². The number of carboxylic acid groups (broad SMARTS) is 1. The summed E-state index contributed by atoms with van der Waals surface area (Å²) in [6.45, 7) is 5.94. The Morgan fingerprint density at radius 2 is 2.11 bits per heavy atom. The molecule has 4 bridgehead atoms. The number of hydrogen-bond donors (Lipinski definition) is 3. The minimum atomic E-state index is -1.05. The Kier molecular flexibility index (Phi) is 3.61. The molecule has 2 saturated carbocycles. The molecule has 3 fully saturated rings. The molecule has 7 rings (SSSR count). The van der Waals surface area contributed by atoms with Crippen molar-refractivity contribution in [1.82, 2.24) is 0 Å². The first kappa shape index (κ1) is 18.1. The monoisotopic (exact) mass is 386 g/mol. The third kappa shape index (κ3) is 2.05. The Morgan fingerprint density at radius 3 is 2.79 bits per heavy atom. The summed E-state index contributed by atoms with van der Waals surface area (Å²) in [5.41, 5.74) is -0.288. The second-order valence-electron chi connectivity index (χ2n) is 9.37. The fourth-order valence-electron chi connectivity index (χ4n) is 6.99. The number of ether oxygens (including phenoxy) is 1. The second-order valence-corrected chi connectivity index (χ2v) is 9.37. The molecule has 2 aliphatic heterocycles. The molecule has 28 heavy (non-hydrogen) atoms. The van der Waals surface area contributed by atoms with Crippen LogP contribution in [0.15, 0.2) is 36.0 Å². The first-order valence-corrected chi connectivity index (χ1v) is 10.1. The number of hydrogen-bond acceptors (Lipinski definition) is 5. The zero-order valence-electron chi connectivity index (χ0n) is 15.9. The highest BCUT2D eigenvalue weighted by Crippen LogP contribution is 2.65. The van der Waals surface area contributed by atoms with E-state index in [9.17, 15) is 24.9 Å². The molecule has 9 unspecified atom stereocenters. The van der Waals surface area contributed by atoms with E-state index in [2.05, 4.69) is 6.58 Å². The van der Waals surface area contributed by atoms with Gasteiger partial charge < -0.3 is 20.1 Å². The minimum absolute atomic E-state index is 0.237. The maximum absolute atomic E-state index is 12.8. The molecule has 0 aromatic heterocycles. The van der Waals surface area contributed by atoms with Crippen LogP contribution in [0.3, 0.4) is 0 Å². The third-order valence-corrected chi connectivity index (χ3v) is 8.27. The molecule has 150 valence electrons. The summed E-state index contributed by atoms with van der Waals surface area (Å²) in [5.74, 6) is -4.00. The standard InChI is InChI=1S/C22H26O6/c1-10-9-12-3-6-21(10,27)7-4-13-16(12)17(19(24)25)18-11(2)15-14(23)5-8-22(13,18)28-20(15)26/h3,5,8,11,13-18,23,27H,1,4,6-7,9H2,2H3,(H,24,25). The number of carbonyl (C=O) groups excluding carboxylic acids is 1. The predicted octanol–water partition coefficient (Wildman–Crippen LogP) is 1.83. The van der Waals surface area contributed by atoms with E-state index < -0.39 is 47.0 Å². The highest BCUT2D eigenvalue weighted by atomic mass is 16.6. The summed E-state index contributed by atoms with van der Waals surface area (Å²) >= 11 is 0. The van der Waals surface area contributed by atoms with Crippen LogP contribution in [0, 0.1) is 35.5 Å². The van der Waals surface area contributed by atoms with Crippen molar-refractivity contribution in [3.8, 4) is 0 Å². The molecule has 1 saturated heterocycles. The Bertz CT molecular complexity index is 842. The second kappa shape index (κ2) is 5.57. The van der Waals surface area contributed by atoms with Crippen LogP contribution in [-0.2, 0) is 14.3 Å². The van der Waals surface area contributed by atoms with E-state index in [0.717, 1.165) is 11.1 Å². The van der Waals surface area contributed by atoms with E-state index >= 15 is 0 Å². The Labute approximate surface area is 163 Å². The molecule has 1 spiro atoms. The van der Waals surface area contributed by atoms with Crippen molar-refractivity contribution in [2.24, 2.45) is 35.5 Å². The molecule has 3 N–H and O–H groups in total. The van der Waals surface area contributed by atoms with E-state index in [-0.39, 0.29) is 17.8 Å². The zero-order chi connectivity index (χ0) is 20.0. The fourth-order valence-corrected chi connectivity index (χ4v) is 6.99. The van der Waals surface area contributed by atoms with Gasteiger partial charge in [-0.1, -0.05) is 31.2 Å². The lowest BCUT2D eigenvalue weighted by molar-refractivity contribution is -0.193. The number of aliphatic hydroxyl groups excluding tert-OH is 1. The van der Waals surface area contributed by atoms with Gasteiger partial charge in [0.15, 0.2) is 0 Å². The van der Waals surface area contributed by atoms with E-state index in [1.807, 2.05) is 13.0 Å². The van der Waals surface area contributed by atoms with Crippen LogP contribution >= 0.6 is 0 Å². The number of carboxylic acids is 1. The number of fused-ring (bicyclic) bond motifs is 5. The van der Waals surface area contributed by atoms with Crippen molar-refractivity contribution < 1.29 is 29.6 Å². The maximum atomic E-state index is 12.8. The normalized spacial score (nSPS) is 51.5. The molecular weight excluding hydrogens is 360 g/mol. The molecule has 9 atom stereocenters. The van der Waals surface area contributed by atoms with Gasteiger partial charge in [0.2, 0.25) is 0 Å². The largest absolute Gasteiger partial charge is 0.481 e. The van der Waals surface area contributed by atoms with Gasteiger partial charge in [-0.3, -0.25) is 9.59 Å². The van der Waals surface area contributed by atoms with Crippen LogP contribution < -0.4 is 0 Å². The van der Waals surface area contributed by atoms with Gasteiger partial charge in [0, 0.05) is 17.8 Å². The average Bonchev–Trinajstić information content (AvgIpc) is 2.75. The number of esters is 1. The number of allylic oxidation sites excluding steroid dienone is 1. The van der Waals surface area contributed by atoms with Crippen LogP contribution in [0.25, 0.3) is 0 Å². The lowest BCUT2D eigenvalue weighted by atomic mass is 9.65. The molecule has 0 aromatic carbocycles.